The van der Waals surface area contributed by atoms with Crippen LogP contribution in [0.4, 0.5) is 0 Å². The molecule has 0 amide bonds. The topological polar surface area (TPSA) is 0 Å². The molecule has 113 valence electrons. The fourth-order valence-electron chi connectivity index (χ4n) is 2.06. The van der Waals surface area contributed by atoms with Gasteiger partial charge in [-0.25, -0.2) is 0 Å². The van der Waals surface area contributed by atoms with E-state index >= 15 is 0 Å². The van der Waals surface area contributed by atoms with Crippen molar-refractivity contribution in [2.24, 2.45) is 0 Å². The van der Waals surface area contributed by atoms with Gasteiger partial charge in [0.1, 0.15) is 0 Å². The van der Waals surface area contributed by atoms with Gasteiger partial charge in [0, 0.05) is 50.3 Å². The largest absolute Gasteiger partial charge is 0.0680 e. The molecule has 0 atom stereocenters. The van der Waals surface area contributed by atoms with E-state index in [1.54, 1.807) is 12.1 Å². The van der Waals surface area contributed by atoms with Crippen LogP contribution in [0.1, 0.15) is 67.2 Å². The maximum atomic E-state index is 2.34. The molecule has 0 fully saturated rings. The van der Waals surface area contributed by atoms with Crippen LogP contribution in [0, 0.1) is 0 Å². The molecule has 0 heterocycles. The molecular weight excluding hydrogens is 337 g/mol. The Labute approximate surface area is 153 Å². The van der Waals surface area contributed by atoms with Gasteiger partial charge in [0.05, 0.1) is 0 Å². The standard InChI is InChI=1S/2C8H19Si.Y/c2*1-4-7-8-9(5-2)6-3;/h2*4-8H2,1-3H3;. The summed E-state index contributed by atoms with van der Waals surface area (Å²) >= 11 is 0. The Morgan fingerprint density at radius 2 is 0.789 bits per heavy atom. The van der Waals surface area contributed by atoms with E-state index in [1.807, 2.05) is 0 Å². The molecule has 0 aliphatic carbocycles. The summed E-state index contributed by atoms with van der Waals surface area (Å²) in [7, 11) is 0.228. The van der Waals surface area contributed by atoms with Crippen molar-refractivity contribution in [2.75, 3.05) is 0 Å². The second-order valence-corrected chi connectivity index (χ2v) is 11.9. The molecule has 19 heavy (non-hydrogen) atoms. The first-order valence-electron chi connectivity index (χ1n) is 8.36. The van der Waals surface area contributed by atoms with Crippen LogP contribution >= 0.6 is 0 Å². The first kappa shape index (κ1) is 25.5. The first-order chi connectivity index (χ1) is 8.69. The summed E-state index contributed by atoms with van der Waals surface area (Å²) in [6.45, 7) is 13.9. The number of hydrogen-bond acceptors (Lipinski definition) is 0. The molecule has 0 bridgehead atoms. The third kappa shape index (κ3) is 19.5. The van der Waals surface area contributed by atoms with Crippen molar-refractivity contribution < 1.29 is 32.7 Å². The van der Waals surface area contributed by atoms with Crippen LogP contribution in [-0.2, 0) is 32.7 Å². The third-order valence-electron chi connectivity index (χ3n) is 3.77. The molecule has 0 saturated heterocycles. The van der Waals surface area contributed by atoms with Crippen LogP contribution in [0.25, 0.3) is 0 Å². The van der Waals surface area contributed by atoms with Gasteiger partial charge in [-0.15, -0.1) is 0 Å². The van der Waals surface area contributed by atoms with E-state index in [1.165, 1.54) is 49.9 Å². The van der Waals surface area contributed by atoms with Crippen molar-refractivity contribution in [1.82, 2.24) is 0 Å². The number of hydrogen-bond donors (Lipinski definition) is 0. The Kier molecular flexibility index (Phi) is 29.3. The van der Waals surface area contributed by atoms with Crippen LogP contribution in [-0.4, -0.2) is 17.6 Å². The summed E-state index contributed by atoms with van der Waals surface area (Å²) in [5, 5.41) is 0. The average molecular weight is 376 g/mol. The zero-order chi connectivity index (χ0) is 14.2. The van der Waals surface area contributed by atoms with E-state index in [0.29, 0.717) is 0 Å². The normalized spacial score (nSPS) is 10.1. The maximum Gasteiger partial charge on any atom is 0.0473 e. The summed E-state index contributed by atoms with van der Waals surface area (Å²) in [5.41, 5.74) is 0. The fraction of sp³-hybridized carbons (Fsp3) is 1.00. The second kappa shape index (κ2) is 21.8. The maximum absolute atomic E-state index is 2.34. The minimum Gasteiger partial charge on any atom is -0.0680 e. The Morgan fingerprint density at radius 1 is 0.526 bits per heavy atom. The van der Waals surface area contributed by atoms with Crippen LogP contribution in [0.15, 0.2) is 0 Å². The summed E-state index contributed by atoms with van der Waals surface area (Å²) < 4.78 is 0. The summed E-state index contributed by atoms with van der Waals surface area (Å²) in [4.78, 5) is 0. The van der Waals surface area contributed by atoms with Crippen LogP contribution in [0.3, 0.4) is 0 Å². The number of rotatable bonds is 10. The predicted molar refractivity (Wildman–Crippen MR) is 92.9 cm³/mol. The van der Waals surface area contributed by atoms with Crippen LogP contribution in [0.5, 0.6) is 0 Å². The average Bonchev–Trinajstić information content (AvgIpc) is 2.42. The monoisotopic (exact) mass is 375 g/mol. The SMILES string of the molecule is CCCC[Si](CC)CC.CCCC[Si](CC)CC.[Y]. The molecule has 0 aliphatic heterocycles. The first-order valence-corrected chi connectivity index (χ1v) is 12.6. The molecular formula is C16H38Si2Y. The van der Waals surface area contributed by atoms with E-state index in [-0.39, 0.29) is 50.3 Å². The quantitative estimate of drug-likeness (QED) is 0.375. The van der Waals surface area contributed by atoms with Crippen molar-refractivity contribution in [1.29, 1.82) is 0 Å². The molecule has 0 aliphatic rings. The molecule has 3 radical (unpaired) electrons. The summed E-state index contributed by atoms with van der Waals surface area (Å²) in [6, 6.07) is 8.99. The van der Waals surface area contributed by atoms with Gasteiger partial charge < -0.3 is 0 Å². The number of unbranched alkanes of at least 4 members (excludes halogenated alkanes) is 2. The van der Waals surface area contributed by atoms with Gasteiger partial charge in [-0.2, -0.15) is 0 Å². The van der Waals surface area contributed by atoms with Crippen molar-refractivity contribution >= 4 is 17.6 Å². The van der Waals surface area contributed by atoms with Gasteiger partial charge in [0.15, 0.2) is 0 Å². The second-order valence-electron chi connectivity index (χ2n) is 5.12. The molecule has 0 rings (SSSR count). The van der Waals surface area contributed by atoms with Crippen LogP contribution in [0.2, 0.25) is 36.3 Å². The van der Waals surface area contributed by atoms with Gasteiger partial charge in [0.2, 0.25) is 0 Å². The van der Waals surface area contributed by atoms with E-state index in [4.69, 9.17) is 0 Å². The van der Waals surface area contributed by atoms with Crippen molar-refractivity contribution in [3.05, 3.63) is 0 Å². The molecule has 0 saturated carbocycles. The van der Waals surface area contributed by atoms with E-state index < -0.39 is 0 Å². The van der Waals surface area contributed by atoms with Crippen molar-refractivity contribution in [2.45, 2.75) is 103 Å². The fourth-order valence-corrected chi connectivity index (χ4v) is 6.18. The molecule has 0 aromatic rings. The smallest absolute Gasteiger partial charge is 0.0473 e. The van der Waals surface area contributed by atoms with Gasteiger partial charge in [-0.1, -0.05) is 103 Å². The molecule has 0 unspecified atom stereocenters. The molecule has 0 nitrogen and oxygen atoms in total. The van der Waals surface area contributed by atoms with E-state index in [9.17, 15) is 0 Å². The van der Waals surface area contributed by atoms with Gasteiger partial charge >= 0.3 is 0 Å². The Hall–Kier alpha value is 1.54. The van der Waals surface area contributed by atoms with Crippen LogP contribution < -0.4 is 0 Å². The Bertz CT molecular complexity index is 119. The Balaban J connectivity index is -0.000000256. The molecule has 0 aromatic heterocycles. The molecule has 0 spiro atoms. The zero-order valence-electron chi connectivity index (χ0n) is 14.6. The van der Waals surface area contributed by atoms with Gasteiger partial charge in [0.25, 0.3) is 0 Å². The van der Waals surface area contributed by atoms with Crippen molar-refractivity contribution in [3.8, 4) is 0 Å². The minimum atomic E-state index is 0. The van der Waals surface area contributed by atoms with Crippen molar-refractivity contribution in [3.63, 3.8) is 0 Å². The third-order valence-corrected chi connectivity index (χ3v) is 9.89. The molecule has 0 aromatic carbocycles. The zero-order valence-corrected chi connectivity index (χ0v) is 19.5. The predicted octanol–water partition coefficient (Wildman–Crippen LogP) is 6.64. The van der Waals surface area contributed by atoms with E-state index in [0.717, 1.165) is 0 Å². The van der Waals surface area contributed by atoms with E-state index in [2.05, 4.69) is 41.5 Å². The summed E-state index contributed by atoms with van der Waals surface area (Å²) in [5.74, 6) is 0. The van der Waals surface area contributed by atoms with Gasteiger partial charge in [-0.3, -0.25) is 0 Å². The minimum absolute atomic E-state index is 0. The molecule has 0 N–H and O–H groups in total. The summed E-state index contributed by atoms with van der Waals surface area (Å²) in [6.07, 6.45) is 5.70. The molecule has 3 heteroatoms. The van der Waals surface area contributed by atoms with Gasteiger partial charge in [-0.05, 0) is 0 Å². The Morgan fingerprint density at radius 3 is 0.947 bits per heavy atom.